The molecule has 6 heteroatoms. The molecule has 4 nitrogen and oxygen atoms in total. The Kier molecular flexibility index (Phi) is 6.42. The number of carboxylic acids is 1. The first kappa shape index (κ1) is 21.5. The Labute approximate surface area is 175 Å². The second-order valence-electron chi connectivity index (χ2n) is 7.18. The van der Waals surface area contributed by atoms with E-state index in [1.54, 1.807) is 6.92 Å². The van der Waals surface area contributed by atoms with Crippen LogP contribution in [0.3, 0.4) is 0 Å². The molecule has 0 aliphatic carbocycles. The standard InChI is InChI=1S/C23H25O4PS/c1-5-27-28(26,20-11-8-16(3)12-17(20)4)14-19-13-21(29-22(19)23(24)25)18-9-6-15(2)7-10-18/h6-13H,5,14H2,1-4H3,(H,24,25). The molecular formula is C23H25O4PS. The van der Waals surface area contributed by atoms with Crippen molar-refractivity contribution in [3.8, 4) is 10.4 Å². The fraction of sp³-hybridized carbons (Fsp3) is 0.261. The minimum Gasteiger partial charge on any atom is -0.477 e. The van der Waals surface area contributed by atoms with Crippen LogP contribution in [0.25, 0.3) is 10.4 Å². The molecule has 1 atom stereocenters. The molecule has 0 spiro atoms. The lowest BCUT2D eigenvalue weighted by atomic mass is 10.1. The van der Waals surface area contributed by atoms with Crippen molar-refractivity contribution in [2.45, 2.75) is 33.9 Å². The lowest BCUT2D eigenvalue weighted by molar-refractivity contribution is 0.0701. The van der Waals surface area contributed by atoms with Crippen molar-refractivity contribution in [3.63, 3.8) is 0 Å². The average Bonchev–Trinajstić information content (AvgIpc) is 3.06. The van der Waals surface area contributed by atoms with Gasteiger partial charge in [0.2, 0.25) is 7.37 Å². The summed E-state index contributed by atoms with van der Waals surface area (Å²) >= 11 is 1.21. The largest absolute Gasteiger partial charge is 0.477 e. The van der Waals surface area contributed by atoms with Gasteiger partial charge in [-0.25, -0.2) is 4.79 Å². The Balaban J connectivity index is 2.06. The highest BCUT2D eigenvalue weighted by Gasteiger charge is 2.31. The van der Waals surface area contributed by atoms with Crippen LogP contribution in [-0.4, -0.2) is 17.7 Å². The lowest BCUT2D eigenvalue weighted by Crippen LogP contribution is -2.14. The van der Waals surface area contributed by atoms with Gasteiger partial charge in [-0.3, -0.25) is 4.57 Å². The second kappa shape index (κ2) is 8.66. The van der Waals surface area contributed by atoms with Gasteiger partial charge < -0.3 is 9.63 Å². The van der Waals surface area contributed by atoms with Crippen molar-refractivity contribution in [2.75, 3.05) is 6.61 Å². The second-order valence-corrected chi connectivity index (χ2v) is 10.6. The van der Waals surface area contributed by atoms with Crippen molar-refractivity contribution in [1.82, 2.24) is 0 Å². The molecule has 29 heavy (non-hydrogen) atoms. The van der Waals surface area contributed by atoms with E-state index in [0.29, 0.717) is 17.5 Å². The zero-order valence-electron chi connectivity index (χ0n) is 17.1. The summed E-state index contributed by atoms with van der Waals surface area (Å²) in [6.07, 6.45) is 0.0642. The number of hydrogen-bond donors (Lipinski definition) is 1. The number of benzene rings is 2. The molecule has 0 fully saturated rings. The molecule has 0 saturated carbocycles. The average molecular weight is 428 g/mol. The van der Waals surface area contributed by atoms with E-state index in [2.05, 4.69) is 0 Å². The van der Waals surface area contributed by atoms with Crippen molar-refractivity contribution in [2.24, 2.45) is 0 Å². The van der Waals surface area contributed by atoms with E-state index in [-0.39, 0.29) is 11.0 Å². The summed E-state index contributed by atoms with van der Waals surface area (Å²) in [5.74, 6) is -1.01. The monoisotopic (exact) mass is 428 g/mol. The Morgan fingerprint density at radius 1 is 1.03 bits per heavy atom. The molecule has 1 unspecified atom stereocenters. The summed E-state index contributed by atoms with van der Waals surface area (Å²) in [4.78, 5) is 13.0. The van der Waals surface area contributed by atoms with Gasteiger partial charge in [-0.15, -0.1) is 11.3 Å². The van der Waals surface area contributed by atoms with Crippen molar-refractivity contribution in [1.29, 1.82) is 0 Å². The SMILES string of the molecule is CCOP(=O)(Cc1cc(-c2ccc(C)cc2)sc1C(=O)O)c1ccc(C)cc1C. The van der Waals surface area contributed by atoms with E-state index < -0.39 is 13.3 Å². The summed E-state index contributed by atoms with van der Waals surface area (Å²) in [5.41, 5.74) is 4.62. The van der Waals surface area contributed by atoms with E-state index in [1.807, 2.05) is 69.3 Å². The van der Waals surface area contributed by atoms with Gasteiger partial charge in [0.1, 0.15) is 4.88 Å². The maximum Gasteiger partial charge on any atom is 0.346 e. The van der Waals surface area contributed by atoms with Crippen LogP contribution in [0.15, 0.2) is 48.5 Å². The summed E-state index contributed by atoms with van der Waals surface area (Å²) in [5, 5.41) is 10.4. The molecule has 0 bridgehead atoms. The predicted octanol–water partition coefficient (Wildman–Crippen LogP) is 6.18. The molecule has 3 aromatic rings. The van der Waals surface area contributed by atoms with E-state index in [9.17, 15) is 14.5 Å². The number of hydrogen-bond acceptors (Lipinski definition) is 4. The topological polar surface area (TPSA) is 63.6 Å². The first-order valence-corrected chi connectivity index (χ1v) is 12.1. The van der Waals surface area contributed by atoms with Crippen LogP contribution in [0, 0.1) is 20.8 Å². The molecule has 1 N–H and O–H groups in total. The van der Waals surface area contributed by atoms with Gasteiger partial charge >= 0.3 is 5.97 Å². The number of carboxylic acid groups (broad SMARTS) is 1. The molecule has 0 radical (unpaired) electrons. The molecule has 0 aliphatic rings. The highest BCUT2D eigenvalue weighted by atomic mass is 32.1. The van der Waals surface area contributed by atoms with Crippen molar-refractivity contribution >= 4 is 30.0 Å². The zero-order valence-corrected chi connectivity index (χ0v) is 18.8. The van der Waals surface area contributed by atoms with Crippen molar-refractivity contribution < 1.29 is 19.0 Å². The minimum absolute atomic E-state index is 0.0642. The number of aryl methyl sites for hydroxylation is 3. The molecular weight excluding hydrogens is 403 g/mol. The first-order chi connectivity index (χ1) is 13.7. The van der Waals surface area contributed by atoms with E-state index in [4.69, 9.17) is 4.52 Å². The molecule has 0 saturated heterocycles. The van der Waals surface area contributed by atoms with Gasteiger partial charge in [0.05, 0.1) is 12.8 Å². The normalized spacial score (nSPS) is 13.2. The van der Waals surface area contributed by atoms with Crippen LogP contribution in [0.1, 0.15) is 38.8 Å². The molecule has 152 valence electrons. The van der Waals surface area contributed by atoms with E-state index in [1.165, 1.54) is 11.3 Å². The number of carbonyl (C=O) groups is 1. The minimum atomic E-state index is -3.26. The Morgan fingerprint density at radius 2 is 1.69 bits per heavy atom. The Morgan fingerprint density at radius 3 is 2.28 bits per heavy atom. The van der Waals surface area contributed by atoms with Crippen LogP contribution in [0.4, 0.5) is 0 Å². The van der Waals surface area contributed by atoms with E-state index in [0.717, 1.165) is 27.1 Å². The third-order valence-electron chi connectivity index (χ3n) is 4.77. The van der Waals surface area contributed by atoms with Crippen LogP contribution in [-0.2, 0) is 15.3 Å². The number of rotatable bonds is 7. The van der Waals surface area contributed by atoms with Gasteiger partial charge in [-0.1, -0.05) is 47.5 Å². The quantitative estimate of drug-likeness (QED) is 0.457. The molecule has 1 aromatic heterocycles. The van der Waals surface area contributed by atoms with Crippen LogP contribution in [0.5, 0.6) is 0 Å². The third kappa shape index (κ3) is 4.69. The summed E-state index contributed by atoms with van der Waals surface area (Å²) in [6.45, 7) is 8.01. The lowest BCUT2D eigenvalue weighted by Gasteiger charge is -2.20. The van der Waals surface area contributed by atoms with Gasteiger partial charge in [0, 0.05) is 10.2 Å². The Hall–Kier alpha value is -2.20. The van der Waals surface area contributed by atoms with Crippen LogP contribution >= 0.6 is 18.7 Å². The number of aromatic carboxylic acids is 1. The van der Waals surface area contributed by atoms with Crippen LogP contribution in [0.2, 0.25) is 0 Å². The first-order valence-electron chi connectivity index (χ1n) is 9.48. The summed E-state index contributed by atoms with van der Waals surface area (Å²) in [6, 6.07) is 15.5. The fourth-order valence-electron chi connectivity index (χ4n) is 3.41. The molecule has 1 heterocycles. The van der Waals surface area contributed by atoms with E-state index >= 15 is 0 Å². The molecule has 0 aliphatic heterocycles. The summed E-state index contributed by atoms with van der Waals surface area (Å²) < 4.78 is 19.6. The van der Waals surface area contributed by atoms with Crippen LogP contribution < -0.4 is 5.30 Å². The van der Waals surface area contributed by atoms with Gasteiger partial charge in [-0.2, -0.15) is 0 Å². The zero-order chi connectivity index (χ0) is 21.2. The Bertz CT molecular complexity index is 1080. The molecule has 3 rings (SSSR count). The molecule has 0 amide bonds. The molecule has 2 aromatic carbocycles. The maximum atomic E-state index is 13.9. The predicted molar refractivity (Wildman–Crippen MR) is 120 cm³/mol. The highest BCUT2D eigenvalue weighted by molar-refractivity contribution is 7.66. The third-order valence-corrected chi connectivity index (χ3v) is 8.66. The number of thiophene rings is 1. The smallest absolute Gasteiger partial charge is 0.346 e. The highest BCUT2D eigenvalue weighted by Crippen LogP contribution is 2.51. The van der Waals surface area contributed by atoms with Gasteiger partial charge in [-0.05, 0) is 56.5 Å². The van der Waals surface area contributed by atoms with Gasteiger partial charge in [0.25, 0.3) is 0 Å². The maximum absolute atomic E-state index is 13.9. The summed E-state index contributed by atoms with van der Waals surface area (Å²) in [7, 11) is -3.26. The fourth-order valence-corrected chi connectivity index (χ4v) is 6.96. The van der Waals surface area contributed by atoms with Crippen molar-refractivity contribution in [3.05, 3.63) is 75.7 Å². The van der Waals surface area contributed by atoms with Gasteiger partial charge in [0.15, 0.2) is 0 Å².